The van der Waals surface area contributed by atoms with Crippen LogP contribution in [0, 0.1) is 0 Å². The van der Waals surface area contributed by atoms with E-state index in [1.54, 1.807) is 13.0 Å². The summed E-state index contributed by atoms with van der Waals surface area (Å²) in [5.74, 6) is 0.787. The number of aromatic nitrogens is 3. The maximum Gasteiger partial charge on any atom is 0.296 e. The Hall–Kier alpha value is -1.86. The number of para-hydroxylation sites is 1. The Labute approximate surface area is 119 Å². The minimum atomic E-state index is -3.94. The second-order valence-electron chi connectivity index (χ2n) is 4.14. The smallest absolute Gasteiger partial charge is 0.296 e. The molecule has 0 aliphatic heterocycles. The van der Waals surface area contributed by atoms with Gasteiger partial charge in [-0.05, 0) is 19.1 Å². The third-order valence-corrected chi connectivity index (χ3v) is 4.05. The molecule has 3 aromatic rings. The van der Waals surface area contributed by atoms with Crippen LogP contribution in [0.5, 0.6) is 0 Å². The lowest BCUT2D eigenvalue weighted by atomic mass is 10.2. The molecule has 2 aromatic heterocycles. The molecule has 0 aliphatic carbocycles. The van der Waals surface area contributed by atoms with Crippen LogP contribution in [-0.2, 0) is 15.6 Å². The average molecular weight is 312 g/mol. The van der Waals surface area contributed by atoms with E-state index in [1.165, 1.54) is 4.57 Å². The van der Waals surface area contributed by atoms with Crippen molar-refractivity contribution in [1.82, 2.24) is 14.8 Å². The van der Waals surface area contributed by atoms with Gasteiger partial charge in [0.25, 0.3) is 14.2 Å². The lowest BCUT2D eigenvalue weighted by Gasteiger charge is -2.02. The number of fused-ring (bicyclic) bond motifs is 1. The van der Waals surface area contributed by atoms with Crippen molar-refractivity contribution < 1.29 is 12.8 Å². The van der Waals surface area contributed by atoms with Crippen molar-refractivity contribution in [2.24, 2.45) is 0 Å². The zero-order chi connectivity index (χ0) is 14.3. The fourth-order valence-electron chi connectivity index (χ4n) is 2.03. The summed E-state index contributed by atoms with van der Waals surface area (Å²) in [5.41, 5.74) is 0.698. The predicted octanol–water partition coefficient (Wildman–Crippen LogP) is 2.64. The van der Waals surface area contributed by atoms with Crippen LogP contribution >= 0.6 is 10.7 Å². The van der Waals surface area contributed by atoms with Crippen molar-refractivity contribution in [3.05, 3.63) is 30.3 Å². The molecule has 20 heavy (non-hydrogen) atoms. The second kappa shape index (κ2) is 4.60. The van der Waals surface area contributed by atoms with Gasteiger partial charge in [0.2, 0.25) is 5.82 Å². The maximum atomic E-state index is 11.4. The molecule has 0 bridgehead atoms. The molecule has 0 atom stereocenters. The SMILES string of the molecule is CCn1c(-c2cc3ccccc3o2)nnc1S(=O)(=O)Cl. The van der Waals surface area contributed by atoms with Crippen molar-refractivity contribution in [3.63, 3.8) is 0 Å². The first kappa shape index (κ1) is 13.1. The Kier molecular flexibility index (Phi) is 3.02. The number of furan rings is 1. The fraction of sp³-hybridized carbons (Fsp3) is 0.167. The summed E-state index contributed by atoms with van der Waals surface area (Å²) in [6.45, 7) is 2.14. The number of hydrogen-bond acceptors (Lipinski definition) is 5. The summed E-state index contributed by atoms with van der Waals surface area (Å²) in [6, 6.07) is 9.25. The Morgan fingerprint density at radius 2 is 2.05 bits per heavy atom. The molecule has 1 aromatic carbocycles. The molecule has 0 spiro atoms. The Bertz CT molecular complexity index is 849. The van der Waals surface area contributed by atoms with Crippen molar-refractivity contribution in [2.75, 3.05) is 0 Å². The molecule has 0 aliphatic rings. The van der Waals surface area contributed by atoms with Crippen molar-refractivity contribution in [3.8, 4) is 11.6 Å². The zero-order valence-electron chi connectivity index (χ0n) is 10.4. The molecule has 6 nitrogen and oxygen atoms in total. The fourth-order valence-corrected chi connectivity index (χ4v) is 2.99. The molecule has 0 saturated carbocycles. The quantitative estimate of drug-likeness (QED) is 0.695. The van der Waals surface area contributed by atoms with Crippen LogP contribution in [0.4, 0.5) is 0 Å². The first-order valence-corrected chi connectivity index (χ1v) is 8.18. The molecule has 8 heteroatoms. The van der Waals surface area contributed by atoms with Gasteiger partial charge in [-0.25, -0.2) is 8.42 Å². The normalized spacial score (nSPS) is 12.1. The number of nitrogens with zero attached hydrogens (tertiary/aromatic N) is 3. The van der Waals surface area contributed by atoms with E-state index in [0.29, 0.717) is 23.7 Å². The van der Waals surface area contributed by atoms with Crippen molar-refractivity contribution in [2.45, 2.75) is 18.6 Å². The largest absolute Gasteiger partial charge is 0.453 e. The standard InChI is InChI=1S/C12H10ClN3O3S/c1-2-16-11(14-15-12(16)20(13,17)18)10-7-8-5-3-4-6-9(8)19-10/h3-7H,2H2,1H3. The van der Waals surface area contributed by atoms with Gasteiger partial charge in [-0.2, -0.15) is 0 Å². The van der Waals surface area contributed by atoms with Gasteiger partial charge in [0, 0.05) is 22.6 Å². The topological polar surface area (TPSA) is 78.0 Å². The highest BCUT2D eigenvalue weighted by Gasteiger charge is 2.24. The summed E-state index contributed by atoms with van der Waals surface area (Å²) in [5, 5.41) is 8.14. The van der Waals surface area contributed by atoms with Crippen LogP contribution in [0.1, 0.15) is 6.92 Å². The van der Waals surface area contributed by atoms with Gasteiger partial charge in [-0.1, -0.05) is 18.2 Å². The first-order valence-electron chi connectivity index (χ1n) is 5.87. The van der Waals surface area contributed by atoms with E-state index in [1.807, 2.05) is 24.3 Å². The minimum absolute atomic E-state index is 0.280. The number of rotatable bonds is 3. The molecule has 0 fully saturated rings. The summed E-state index contributed by atoms with van der Waals surface area (Å²) < 4.78 is 29.9. The molecule has 0 amide bonds. The Balaban J connectivity index is 2.22. The van der Waals surface area contributed by atoms with Crippen LogP contribution in [0.3, 0.4) is 0 Å². The summed E-state index contributed by atoms with van der Waals surface area (Å²) in [6.07, 6.45) is 0. The monoisotopic (exact) mass is 311 g/mol. The third-order valence-electron chi connectivity index (χ3n) is 2.90. The van der Waals surface area contributed by atoms with Gasteiger partial charge in [0.15, 0.2) is 5.76 Å². The molecule has 2 heterocycles. The number of benzene rings is 1. The summed E-state index contributed by atoms with van der Waals surface area (Å²) in [4.78, 5) is 0. The highest BCUT2D eigenvalue weighted by molar-refractivity contribution is 8.13. The maximum absolute atomic E-state index is 11.4. The lowest BCUT2D eigenvalue weighted by Crippen LogP contribution is -2.05. The lowest BCUT2D eigenvalue weighted by molar-refractivity contribution is 0.577. The van der Waals surface area contributed by atoms with E-state index in [-0.39, 0.29) is 5.16 Å². The third kappa shape index (κ3) is 2.08. The van der Waals surface area contributed by atoms with Crippen LogP contribution < -0.4 is 0 Å². The van der Waals surface area contributed by atoms with Crippen LogP contribution in [0.25, 0.3) is 22.6 Å². The van der Waals surface area contributed by atoms with Crippen molar-refractivity contribution >= 4 is 30.7 Å². The molecular weight excluding hydrogens is 302 g/mol. The first-order chi connectivity index (χ1) is 9.50. The van der Waals surface area contributed by atoms with Gasteiger partial charge in [-0.15, -0.1) is 10.2 Å². The molecule has 3 rings (SSSR count). The van der Waals surface area contributed by atoms with Crippen LogP contribution in [-0.4, -0.2) is 23.2 Å². The van der Waals surface area contributed by atoms with Gasteiger partial charge < -0.3 is 4.42 Å². The van der Waals surface area contributed by atoms with Crippen molar-refractivity contribution in [1.29, 1.82) is 0 Å². The highest BCUT2D eigenvalue weighted by Crippen LogP contribution is 2.28. The van der Waals surface area contributed by atoms with E-state index in [4.69, 9.17) is 15.1 Å². The number of hydrogen-bond donors (Lipinski definition) is 0. The molecule has 0 radical (unpaired) electrons. The summed E-state index contributed by atoms with van der Waals surface area (Å²) >= 11 is 0. The molecule has 104 valence electrons. The second-order valence-corrected chi connectivity index (χ2v) is 6.60. The van der Waals surface area contributed by atoms with E-state index >= 15 is 0 Å². The molecule has 0 N–H and O–H groups in total. The van der Waals surface area contributed by atoms with Crippen LogP contribution in [0.2, 0.25) is 0 Å². The number of halogens is 1. The van der Waals surface area contributed by atoms with E-state index < -0.39 is 9.05 Å². The van der Waals surface area contributed by atoms with Gasteiger partial charge in [0.05, 0.1) is 0 Å². The minimum Gasteiger partial charge on any atom is -0.453 e. The van der Waals surface area contributed by atoms with E-state index in [2.05, 4.69) is 10.2 Å². The molecule has 0 unspecified atom stereocenters. The molecular formula is C12H10ClN3O3S. The van der Waals surface area contributed by atoms with E-state index in [9.17, 15) is 8.42 Å². The highest BCUT2D eigenvalue weighted by atomic mass is 35.7. The average Bonchev–Trinajstić information content (AvgIpc) is 3.00. The Morgan fingerprint density at radius 3 is 2.70 bits per heavy atom. The molecule has 0 saturated heterocycles. The van der Waals surface area contributed by atoms with Crippen LogP contribution in [0.15, 0.2) is 39.9 Å². The van der Waals surface area contributed by atoms with E-state index in [0.717, 1.165) is 5.39 Å². The Morgan fingerprint density at radius 1 is 1.30 bits per heavy atom. The van der Waals surface area contributed by atoms with Gasteiger partial charge >= 0.3 is 0 Å². The summed E-state index contributed by atoms with van der Waals surface area (Å²) in [7, 11) is 1.40. The predicted molar refractivity (Wildman–Crippen MR) is 73.9 cm³/mol. The van der Waals surface area contributed by atoms with Gasteiger partial charge in [-0.3, -0.25) is 4.57 Å². The zero-order valence-corrected chi connectivity index (χ0v) is 12.0. The van der Waals surface area contributed by atoms with Gasteiger partial charge in [0.1, 0.15) is 5.58 Å².